The summed E-state index contributed by atoms with van der Waals surface area (Å²) in [4.78, 5) is 23.5. The van der Waals surface area contributed by atoms with E-state index < -0.39 is 11.4 Å². The first-order valence-electron chi connectivity index (χ1n) is 8.05. The lowest BCUT2D eigenvalue weighted by atomic mass is 9.76. The van der Waals surface area contributed by atoms with Crippen molar-refractivity contribution in [2.45, 2.75) is 73.6 Å². The van der Waals surface area contributed by atoms with Crippen molar-refractivity contribution in [2.75, 3.05) is 6.54 Å². The van der Waals surface area contributed by atoms with E-state index in [1.54, 1.807) is 6.92 Å². The Kier molecular flexibility index (Phi) is 7.98. The van der Waals surface area contributed by atoms with Crippen LogP contribution in [0.4, 0.5) is 0 Å². The van der Waals surface area contributed by atoms with Crippen LogP contribution in [0.1, 0.15) is 73.6 Å². The second-order valence-electron chi connectivity index (χ2n) is 7.45. The molecule has 0 aromatic carbocycles. The monoisotopic (exact) mass is 299 g/mol. The molecule has 0 aromatic rings. The maximum absolute atomic E-state index is 12.1. The number of aliphatic carboxylic acids is 1. The number of carbonyl (C=O) groups is 2. The zero-order chi connectivity index (χ0) is 16.7. The lowest BCUT2D eigenvalue weighted by molar-refractivity contribution is -0.153. The Morgan fingerprint density at radius 1 is 1.14 bits per heavy atom. The molecule has 1 atom stereocenters. The molecule has 4 nitrogen and oxygen atoms in total. The largest absolute Gasteiger partial charge is 0.481 e. The number of rotatable bonds is 10. The van der Waals surface area contributed by atoms with E-state index in [4.69, 9.17) is 0 Å². The first-order chi connectivity index (χ1) is 9.55. The molecule has 0 aliphatic rings. The van der Waals surface area contributed by atoms with Crippen molar-refractivity contribution in [1.82, 2.24) is 5.32 Å². The van der Waals surface area contributed by atoms with Gasteiger partial charge in [-0.2, -0.15) is 0 Å². The van der Waals surface area contributed by atoms with Gasteiger partial charge in [-0.25, -0.2) is 0 Å². The number of amides is 1. The van der Waals surface area contributed by atoms with Crippen molar-refractivity contribution in [3.8, 4) is 0 Å². The topological polar surface area (TPSA) is 66.4 Å². The molecule has 124 valence electrons. The van der Waals surface area contributed by atoms with Crippen LogP contribution in [0, 0.1) is 16.7 Å². The second-order valence-corrected chi connectivity index (χ2v) is 7.45. The molecule has 0 rings (SSSR count). The van der Waals surface area contributed by atoms with E-state index >= 15 is 0 Å². The van der Waals surface area contributed by atoms with E-state index in [2.05, 4.69) is 26.1 Å². The summed E-state index contributed by atoms with van der Waals surface area (Å²) in [6.07, 6.45) is 4.67. The quantitative estimate of drug-likeness (QED) is 0.602. The van der Waals surface area contributed by atoms with Gasteiger partial charge in [-0.15, -0.1) is 0 Å². The molecule has 0 saturated carbocycles. The summed E-state index contributed by atoms with van der Waals surface area (Å²) < 4.78 is 0. The van der Waals surface area contributed by atoms with Crippen LogP contribution in [-0.4, -0.2) is 23.5 Å². The molecular formula is C17H33NO3. The van der Waals surface area contributed by atoms with Crippen LogP contribution in [0.2, 0.25) is 0 Å². The first kappa shape index (κ1) is 19.9. The van der Waals surface area contributed by atoms with Gasteiger partial charge in [0.25, 0.3) is 0 Å². The summed E-state index contributed by atoms with van der Waals surface area (Å²) in [6, 6.07) is 0. The third-order valence-electron chi connectivity index (χ3n) is 4.51. The highest BCUT2D eigenvalue weighted by Crippen LogP contribution is 2.31. The summed E-state index contributed by atoms with van der Waals surface area (Å²) in [5.74, 6) is -1.16. The number of carbonyl (C=O) groups excluding carboxylic acids is 1. The molecule has 0 bridgehead atoms. The third kappa shape index (κ3) is 6.96. The van der Waals surface area contributed by atoms with E-state index in [1.807, 2.05) is 13.8 Å². The van der Waals surface area contributed by atoms with Gasteiger partial charge in [-0.05, 0) is 24.7 Å². The fourth-order valence-electron chi connectivity index (χ4n) is 2.20. The second kappa shape index (κ2) is 8.40. The molecule has 1 amide bonds. The molecule has 0 radical (unpaired) electrons. The number of nitrogens with one attached hydrogen (secondary N) is 1. The van der Waals surface area contributed by atoms with Crippen molar-refractivity contribution in [3.05, 3.63) is 0 Å². The van der Waals surface area contributed by atoms with Gasteiger partial charge in [0.05, 0.1) is 5.41 Å². The van der Waals surface area contributed by atoms with E-state index in [1.165, 1.54) is 12.8 Å². The van der Waals surface area contributed by atoms with E-state index in [0.29, 0.717) is 6.54 Å². The molecular weight excluding hydrogens is 266 g/mol. The molecule has 0 aliphatic carbocycles. The average molecular weight is 299 g/mol. The number of carboxylic acids is 1. The minimum atomic E-state index is -1.00. The van der Waals surface area contributed by atoms with Gasteiger partial charge >= 0.3 is 5.97 Å². The van der Waals surface area contributed by atoms with Crippen LogP contribution >= 0.6 is 0 Å². The molecule has 4 heteroatoms. The van der Waals surface area contributed by atoms with Crippen LogP contribution in [0.15, 0.2) is 0 Å². The van der Waals surface area contributed by atoms with Gasteiger partial charge in [-0.1, -0.05) is 53.9 Å². The Labute approximate surface area is 129 Å². The minimum Gasteiger partial charge on any atom is -0.481 e. The van der Waals surface area contributed by atoms with Gasteiger partial charge in [-0.3, -0.25) is 9.59 Å². The molecule has 0 aliphatic heterocycles. The van der Waals surface area contributed by atoms with Crippen LogP contribution in [0.3, 0.4) is 0 Å². The van der Waals surface area contributed by atoms with Crippen molar-refractivity contribution in [2.24, 2.45) is 16.7 Å². The Morgan fingerprint density at radius 2 is 1.71 bits per heavy atom. The van der Waals surface area contributed by atoms with Gasteiger partial charge < -0.3 is 10.4 Å². The Balaban J connectivity index is 4.40. The van der Waals surface area contributed by atoms with Crippen LogP contribution in [0.5, 0.6) is 0 Å². The van der Waals surface area contributed by atoms with Crippen molar-refractivity contribution in [1.29, 1.82) is 0 Å². The van der Waals surface area contributed by atoms with Crippen molar-refractivity contribution >= 4 is 11.9 Å². The van der Waals surface area contributed by atoms with Gasteiger partial charge in [0.15, 0.2) is 0 Å². The molecule has 0 spiro atoms. The summed E-state index contributed by atoms with van der Waals surface area (Å²) in [6.45, 7) is 12.4. The molecule has 0 heterocycles. The van der Waals surface area contributed by atoms with E-state index in [9.17, 15) is 14.7 Å². The lowest BCUT2D eigenvalue weighted by Gasteiger charge is -2.30. The minimum absolute atomic E-state index is 0.0328. The van der Waals surface area contributed by atoms with E-state index in [0.717, 1.165) is 12.8 Å². The molecule has 2 N–H and O–H groups in total. The maximum Gasteiger partial charge on any atom is 0.310 e. The van der Waals surface area contributed by atoms with Crippen molar-refractivity contribution in [3.63, 3.8) is 0 Å². The molecule has 1 unspecified atom stereocenters. The Bertz CT molecular complexity index is 350. The standard InChI is InChI=1S/C17H33NO3/c1-7-8-9-10-16(4,5)12-18-14(19)11-17(6,13(2)3)15(20)21/h13H,7-12H2,1-6H3,(H,18,19)(H,20,21). The number of hydrogen-bond donors (Lipinski definition) is 2. The molecule has 0 saturated heterocycles. The Morgan fingerprint density at radius 3 is 2.14 bits per heavy atom. The van der Waals surface area contributed by atoms with Gasteiger partial charge in [0.1, 0.15) is 0 Å². The molecule has 0 aromatic heterocycles. The van der Waals surface area contributed by atoms with Gasteiger partial charge in [0.2, 0.25) is 5.91 Å². The van der Waals surface area contributed by atoms with E-state index in [-0.39, 0.29) is 23.7 Å². The fraction of sp³-hybridized carbons (Fsp3) is 0.882. The predicted octanol–water partition coefficient (Wildman–Crippen LogP) is 3.85. The van der Waals surface area contributed by atoms with Crippen LogP contribution < -0.4 is 5.32 Å². The number of carboxylic acid groups (broad SMARTS) is 1. The van der Waals surface area contributed by atoms with Crippen LogP contribution in [-0.2, 0) is 9.59 Å². The van der Waals surface area contributed by atoms with Crippen molar-refractivity contribution < 1.29 is 14.7 Å². The highest BCUT2D eigenvalue weighted by molar-refractivity contribution is 5.84. The zero-order valence-corrected chi connectivity index (χ0v) is 14.6. The molecule has 0 fully saturated rings. The summed E-state index contributed by atoms with van der Waals surface area (Å²) in [5.41, 5.74) is -0.946. The Hall–Kier alpha value is -1.06. The summed E-state index contributed by atoms with van der Waals surface area (Å²) >= 11 is 0. The SMILES string of the molecule is CCCCCC(C)(C)CNC(=O)CC(C)(C(=O)O)C(C)C. The van der Waals surface area contributed by atoms with Crippen LogP contribution in [0.25, 0.3) is 0 Å². The zero-order valence-electron chi connectivity index (χ0n) is 14.6. The predicted molar refractivity (Wildman–Crippen MR) is 86.1 cm³/mol. The smallest absolute Gasteiger partial charge is 0.310 e. The highest BCUT2D eigenvalue weighted by atomic mass is 16.4. The lowest BCUT2D eigenvalue weighted by Crippen LogP contribution is -2.41. The highest BCUT2D eigenvalue weighted by Gasteiger charge is 2.38. The number of unbranched alkanes of at least 4 members (excludes halogenated alkanes) is 2. The summed E-state index contributed by atoms with van der Waals surface area (Å²) in [5, 5.41) is 12.3. The molecule has 21 heavy (non-hydrogen) atoms. The average Bonchev–Trinajstić information content (AvgIpc) is 2.36. The number of hydrogen-bond acceptors (Lipinski definition) is 2. The third-order valence-corrected chi connectivity index (χ3v) is 4.51. The van der Waals surface area contributed by atoms with Gasteiger partial charge in [0, 0.05) is 13.0 Å². The normalized spacial score (nSPS) is 14.8. The summed E-state index contributed by atoms with van der Waals surface area (Å²) in [7, 11) is 0. The first-order valence-corrected chi connectivity index (χ1v) is 8.05. The maximum atomic E-state index is 12.1. The fourth-order valence-corrected chi connectivity index (χ4v) is 2.20.